The molecule has 1 aromatic carbocycles. The van der Waals surface area contributed by atoms with E-state index in [0.717, 1.165) is 23.2 Å². The summed E-state index contributed by atoms with van der Waals surface area (Å²) in [5.74, 6) is 0.864. The van der Waals surface area contributed by atoms with E-state index in [4.69, 9.17) is 0 Å². The zero-order valence-corrected chi connectivity index (χ0v) is 11.0. The number of fused-ring (bicyclic) bond motifs is 1. The third-order valence-electron chi connectivity index (χ3n) is 3.16. The van der Waals surface area contributed by atoms with E-state index in [1.807, 2.05) is 24.5 Å². The topological polar surface area (TPSA) is 40.5 Å². The number of amides is 1. The molecule has 0 saturated heterocycles. The van der Waals surface area contributed by atoms with Gasteiger partial charge in [0, 0.05) is 24.9 Å². The molecule has 0 radical (unpaired) electrons. The van der Waals surface area contributed by atoms with E-state index in [0.29, 0.717) is 12.2 Å². The summed E-state index contributed by atoms with van der Waals surface area (Å²) < 4.78 is 0. The van der Waals surface area contributed by atoms with E-state index in [-0.39, 0.29) is 5.91 Å². The lowest BCUT2D eigenvalue weighted by Gasteiger charge is -2.26. The second-order valence-electron chi connectivity index (χ2n) is 4.31. The SMILES string of the molecule is CSCC(O)c1ccc2c(c1)CCC(=O)N2C. The molecule has 1 heterocycles. The summed E-state index contributed by atoms with van der Waals surface area (Å²) in [5, 5.41) is 9.94. The van der Waals surface area contributed by atoms with Crippen molar-refractivity contribution in [2.24, 2.45) is 0 Å². The second kappa shape index (κ2) is 5.10. The number of hydrogen-bond acceptors (Lipinski definition) is 3. The van der Waals surface area contributed by atoms with Crippen molar-refractivity contribution in [3.63, 3.8) is 0 Å². The lowest BCUT2D eigenvalue weighted by Crippen LogP contribution is -2.31. The highest BCUT2D eigenvalue weighted by atomic mass is 32.2. The Morgan fingerprint density at radius 2 is 2.24 bits per heavy atom. The largest absolute Gasteiger partial charge is 0.388 e. The van der Waals surface area contributed by atoms with Crippen molar-refractivity contribution in [2.75, 3.05) is 24.0 Å². The highest BCUT2D eigenvalue weighted by Gasteiger charge is 2.21. The van der Waals surface area contributed by atoms with Gasteiger partial charge < -0.3 is 10.0 Å². The number of aryl methyl sites for hydroxylation is 1. The van der Waals surface area contributed by atoms with Crippen LogP contribution in [-0.2, 0) is 11.2 Å². The minimum Gasteiger partial charge on any atom is -0.388 e. The summed E-state index contributed by atoms with van der Waals surface area (Å²) in [6.45, 7) is 0. The first-order chi connectivity index (χ1) is 8.13. The zero-order valence-electron chi connectivity index (χ0n) is 10.1. The molecule has 1 amide bonds. The van der Waals surface area contributed by atoms with E-state index >= 15 is 0 Å². The minimum atomic E-state index is -0.418. The molecule has 17 heavy (non-hydrogen) atoms. The van der Waals surface area contributed by atoms with Crippen molar-refractivity contribution in [2.45, 2.75) is 18.9 Å². The number of hydrogen-bond donors (Lipinski definition) is 1. The fourth-order valence-corrected chi connectivity index (χ4v) is 2.65. The Labute approximate surface area is 106 Å². The van der Waals surface area contributed by atoms with Gasteiger partial charge in [-0.1, -0.05) is 12.1 Å². The minimum absolute atomic E-state index is 0.162. The fraction of sp³-hybridized carbons (Fsp3) is 0.462. The molecule has 4 heteroatoms. The van der Waals surface area contributed by atoms with Gasteiger partial charge in [0.2, 0.25) is 5.91 Å². The zero-order chi connectivity index (χ0) is 12.4. The third-order valence-corrected chi connectivity index (χ3v) is 3.81. The first kappa shape index (κ1) is 12.5. The molecule has 0 aliphatic carbocycles. The second-order valence-corrected chi connectivity index (χ2v) is 5.22. The number of benzene rings is 1. The van der Waals surface area contributed by atoms with Crippen LogP contribution in [0.25, 0.3) is 0 Å². The quantitative estimate of drug-likeness (QED) is 0.893. The van der Waals surface area contributed by atoms with E-state index in [1.165, 1.54) is 0 Å². The summed E-state index contributed by atoms with van der Waals surface area (Å²) in [6, 6.07) is 5.87. The van der Waals surface area contributed by atoms with Gasteiger partial charge in [0.05, 0.1) is 6.10 Å². The summed E-state index contributed by atoms with van der Waals surface area (Å²) in [6.07, 6.45) is 2.90. The Morgan fingerprint density at radius 1 is 1.47 bits per heavy atom. The average molecular weight is 251 g/mol. The van der Waals surface area contributed by atoms with Gasteiger partial charge in [-0.2, -0.15) is 11.8 Å². The van der Waals surface area contributed by atoms with Crippen molar-refractivity contribution in [3.8, 4) is 0 Å². The molecule has 1 N–H and O–H groups in total. The Balaban J connectivity index is 2.29. The van der Waals surface area contributed by atoms with Gasteiger partial charge in [0.25, 0.3) is 0 Å². The van der Waals surface area contributed by atoms with Crippen LogP contribution in [0.15, 0.2) is 18.2 Å². The van der Waals surface area contributed by atoms with Crippen LogP contribution >= 0.6 is 11.8 Å². The summed E-state index contributed by atoms with van der Waals surface area (Å²) in [7, 11) is 1.80. The predicted octanol–water partition coefficient (Wildman–Crippen LogP) is 1.99. The normalized spacial score (nSPS) is 16.9. The highest BCUT2D eigenvalue weighted by molar-refractivity contribution is 7.98. The molecular formula is C13H17NO2S. The van der Waals surface area contributed by atoms with Crippen LogP contribution in [0.1, 0.15) is 23.7 Å². The molecule has 0 aromatic heterocycles. The molecule has 1 unspecified atom stereocenters. The lowest BCUT2D eigenvalue weighted by atomic mass is 9.97. The summed E-state index contributed by atoms with van der Waals surface area (Å²) in [4.78, 5) is 13.2. The molecule has 0 spiro atoms. The molecule has 1 aliphatic heterocycles. The lowest BCUT2D eigenvalue weighted by molar-refractivity contribution is -0.118. The van der Waals surface area contributed by atoms with Crippen LogP contribution in [0.4, 0.5) is 5.69 Å². The monoisotopic (exact) mass is 251 g/mol. The van der Waals surface area contributed by atoms with Gasteiger partial charge in [-0.25, -0.2) is 0 Å². The van der Waals surface area contributed by atoms with Crippen LogP contribution in [0, 0.1) is 0 Å². The molecule has 1 aliphatic rings. The van der Waals surface area contributed by atoms with Gasteiger partial charge in [-0.3, -0.25) is 4.79 Å². The van der Waals surface area contributed by atoms with Gasteiger partial charge in [-0.15, -0.1) is 0 Å². The molecule has 0 saturated carbocycles. The number of anilines is 1. The third kappa shape index (κ3) is 2.48. The molecule has 0 bridgehead atoms. The number of nitrogens with zero attached hydrogens (tertiary/aromatic N) is 1. The van der Waals surface area contributed by atoms with Crippen molar-refractivity contribution in [1.82, 2.24) is 0 Å². The number of thioether (sulfide) groups is 1. The van der Waals surface area contributed by atoms with Crippen molar-refractivity contribution < 1.29 is 9.90 Å². The molecule has 2 rings (SSSR count). The molecule has 3 nitrogen and oxygen atoms in total. The van der Waals surface area contributed by atoms with E-state index in [9.17, 15) is 9.90 Å². The van der Waals surface area contributed by atoms with Crippen molar-refractivity contribution in [1.29, 1.82) is 0 Å². The van der Waals surface area contributed by atoms with Crippen LogP contribution in [0.2, 0.25) is 0 Å². The van der Waals surface area contributed by atoms with Crippen LogP contribution in [-0.4, -0.2) is 30.1 Å². The van der Waals surface area contributed by atoms with Crippen molar-refractivity contribution in [3.05, 3.63) is 29.3 Å². The average Bonchev–Trinajstić information content (AvgIpc) is 2.34. The predicted molar refractivity (Wildman–Crippen MR) is 71.5 cm³/mol. The number of carbonyl (C=O) groups is 1. The molecule has 1 aromatic rings. The molecule has 92 valence electrons. The number of aliphatic hydroxyl groups is 1. The summed E-state index contributed by atoms with van der Waals surface area (Å²) in [5.41, 5.74) is 3.08. The maximum atomic E-state index is 11.6. The van der Waals surface area contributed by atoms with E-state index < -0.39 is 6.10 Å². The maximum absolute atomic E-state index is 11.6. The maximum Gasteiger partial charge on any atom is 0.227 e. The molecule has 0 fully saturated rings. The smallest absolute Gasteiger partial charge is 0.227 e. The van der Waals surface area contributed by atoms with Crippen LogP contribution in [0.3, 0.4) is 0 Å². The Hall–Kier alpha value is -1.00. The molecule has 1 atom stereocenters. The first-order valence-electron chi connectivity index (χ1n) is 5.70. The number of rotatable bonds is 3. The number of carbonyl (C=O) groups excluding carboxylic acids is 1. The Morgan fingerprint density at radius 3 is 2.94 bits per heavy atom. The summed E-state index contributed by atoms with van der Waals surface area (Å²) >= 11 is 1.63. The Bertz CT molecular complexity index is 433. The van der Waals surface area contributed by atoms with Crippen LogP contribution < -0.4 is 4.90 Å². The van der Waals surface area contributed by atoms with Gasteiger partial charge >= 0.3 is 0 Å². The fourth-order valence-electron chi connectivity index (χ4n) is 2.14. The van der Waals surface area contributed by atoms with E-state index in [1.54, 1.807) is 23.7 Å². The van der Waals surface area contributed by atoms with Crippen molar-refractivity contribution >= 4 is 23.4 Å². The van der Waals surface area contributed by atoms with Gasteiger partial charge in [0.15, 0.2) is 0 Å². The van der Waals surface area contributed by atoms with Gasteiger partial charge in [0.1, 0.15) is 0 Å². The Kier molecular flexibility index (Phi) is 3.74. The highest BCUT2D eigenvalue weighted by Crippen LogP contribution is 2.29. The first-order valence-corrected chi connectivity index (χ1v) is 7.09. The van der Waals surface area contributed by atoms with E-state index in [2.05, 4.69) is 0 Å². The molecular weight excluding hydrogens is 234 g/mol. The van der Waals surface area contributed by atoms with Gasteiger partial charge in [-0.05, 0) is 29.9 Å². The van der Waals surface area contributed by atoms with Crippen LogP contribution in [0.5, 0.6) is 0 Å². The number of aliphatic hydroxyl groups excluding tert-OH is 1. The standard InChI is InChI=1S/C13H17NO2S/c1-14-11-5-3-10(12(15)8-17-2)7-9(11)4-6-13(14)16/h3,5,7,12,15H,4,6,8H2,1-2H3.